The number of nitrogens with zero attached hydrogens (tertiary/aromatic N) is 1. The second-order valence-electron chi connectivity index (χ2n) is 5.64. The lowest BCUT2D eigenvalue weighted by atomic mass is 10.1. The van der Waals surface area contributed by atoms with Crippen molar-refractivity contribution in [1.29, 1.82) is 0 Å². The fraction of sp³-hybridized carbons (Fsp3) is 0.300. The smallest absolute Gasteiger partial charge is 0.126 e. The molecule has 2 rings (SSSR count). The van der Waals surface area contributed by atoms with Crippen LogP contribution in [0.15, 0.2) is 54.6 Å². The third-order valence-electron chi connectivity index (χ3n) is 3.43. The molecule has 0 unspecified atom stereocenters. The third kappa shape index (κ3) is 7.36. The molecule has 0 aliphatic carbocycles. The Kier molecular flexibility index (Phi) is 9.11. The van der Waals surface area contributed by atoms with Gasteiger partial charge in [0.2, 0.25) is 0 Å². The summed E-state index contributed by atoms with van der Waals surface area (Å²) in [7, 11) is 4.20. The van der Waals surface area contributed by atoms with Crippen LogP contribution in [0, 0.1) is 0 Å². The Balaban J connectivity index is 0.00000264. The zero-order valence-corrected chi connectivity index (χ0v) is 14.8. The highest BCUT2D eigenvalue weighted by atomic mass is 35.5. The summed E-state index contributed by atoms with van der Waals surface area (Å²) >= 11 is 0. The maximum atomic E-state index is 5.94. The number of rotatable bonds is 8. The van der Waals surface area contributed by atoms with Crippen molar-refractivity contribution in [2.45, 2.75) is 12.8 Å². The lowest BCUT2D eigenvalue weighted by Gasteiger charge is -2.11. The van der Waals surface area contributed by atoms with Crippen LogP contribution < -0.4 is 4.74 Å². The van der Waals surface area contributed by atoms with Crippen LogP contribution in [-0.4, -0.2) is 32.1 Å². The van der Waals surface area contributed by atoms with Crippen molar-refractivity contribution < 1.29 is 4.74 Å². The zero-order chi connectivity index (χ0) is 15.6. The Morgan fingerprint density at radius 2 is 1.57 bits per heavy atom. The van der Waals surface area contributed by atoms with Gasteiger partial charge in [-0.05, 0) is 45.1 Å². The average molecular weight is 332 g/mol. The summed E-state index contributed by atoms with van der Waals surface area (Å²) in [5.41, 5.74) is 2.32. The SMILES string of the molecule is CN(C)CCCCOc1ccccc1C=Cc1ccccc1.Cl. The van der Waals surface area contributed by atoms with E-state index in [-0.39, 0.29) is 12.4 Å². The molecule has 0 aromatic heterocycles. The van der Waals surface area contributed by atoms with E-state index in [0.29, 0.717) is 0 Å². The van der Waals surface area contributed by atoms with Crippen LogP contribution in [0.4, 0.5) is 0 Å². The van der Waals surface area contributed by atoms with Crippen molar-refractivity contribution in [2.75, 3.05) is 27.2 Å². The summed E-state index contributed by atoms with van der Waals surface area (Å²) < 4.78 is 5.94. The Morgan fingerprint density at radius 3 is 2.30 bits per heavy atom. The second-order valence-corrected chi connectivity index (χ2v) is 5.64. The van der Waals surface area contributed by atoms with E-state index in [1.807, 2.05) is 36.4 Å². The normalized spacial score (nSPS) is 10.7. The first kappa shape index (κ1) is 19.3. The Morgan fingerprint density at radius 1 is 0.870 bits per heavy atom. The summed E-state index contributed by atoms with van der Waals surface area (Å²) in [6, 6.07) is 18.5. The van der Waals surface area contributed by atoms with Gasteiger partial charge in [-0.1, -0.05) is 60.7 Å². The van der Waals surface area contributed by atoms with Crippen LogP contribution in [0.5, 0.6) is 5.75 Å². The second kappa shape index (κ2) is 10.9. The fourth-order valence-corrected chi connectivity index (χ4v) is 2.21. The van der Waals surface area contributed by atoms with Gasteiger partial charge in [0, 0.05) is 5.56 Å². The predicted octanol–water partition coefficient (Wildman–Crippen LogP) is 5.00. The summed E-state index contributed by atoms with van der Waals surface area (Å²) in [5.74, 6) is 0.958. The maximum Gasteiger partial charge on any atom is 0.126 e. The number of benzene rings is 2. The first-order valence-electron chi connectivity index (χ1n) is 7.85. The third-order valence-corrected chi connectivity index (χ3v) is 3.43. The number of hydrogen-bond acceptors (Lipinski definition) is 2. The van der Waals surface area contributed by atoms with Crippen LogP contribution in [0.1, 0.15) is 24.0 Å². The van der Waals surface area contributed by atoms with E-state index in [4.69, 9.17) is 4.74 Å². The summed E-state index contributed by atoms with van der Waals surface area (Å²) in [5, 5.41) is 0. The minimum Gasteiger partial charge on any atom is -0.493 e. The lowest BCUT2D eigenvalue weighted by molar-refractivity contribution is 0.292. The van der Waals surface area contributed by atoms with Crippen LogP contribution in [0.2, 0.25) is 0 Å². The van der Waals surface area contributed by atoms with Crippen molar-refractivity contribution in [1.82, 2.24) is 4.90 Å². The molecule has 0 fully saturated rings. The molecule has 0 amide bonds. The van der Waals surface area contributed by atoms with Gasteiger partial charge in [0.1, 0.15) is 5.75 Å². The molecule has 0 aliphatic heterocycles. The minimum atomic E-state index is 0. The molecule has 2 nitrogen and oxygen atoms in total. The lowest BCUT2D eigenvalue weighted by Crippen LogP contribution is -2.13. The monoisotopic (exact) mass is 331 g/mol. The first-order valence-corrected chi connectivity index (χ1v) is 7.85. The van der Waals surface area contributed by atoms with E-state index in [9.17, 15) is 0 Å². The van der Waals surface area contributed by atoms with Gasteiger partial charge in [-0.25, -0.2) is 0 Å². The molecule has 0 atom stereocenters. The highest BCUT2D eigenvalue weighted by molar-refractivity contribution is 5.85. The summed E-state index contributed by atoms with van der Waals surface area (Å²) in [4.78, 5) is 2.20. The average Bonchev–Trinajstić information content (AvgIpc) is 2.54. The molecule has 23 heavy (non-hydrogen) atoms. The molecule has 3 heteroatoms. The van der Waals surface area contributed by atoms with E-state index in [2.05, 4.69) is 49.3 Å². The van der Waals surface area contributed by atoms with Crippen molar-refractivity contribution in [3.05, 3.63) is 65.7 Å². The van der Waals surface area contributed by atoms with Gasteiger partial charge >= 0.3 is 0 Å². The fourth-order valence-electron chi connectivity index (χ4n) is 2.21. The zero-order valence-electron chi connectivity index (χ0n) is 13.9. The number of unbranched alkanes of at least 4 members (excludes halogenated alkanes) is 1. The van der Waals surface area contributed by atoms with Gasteiger partial charge in [0.05, 0.1) is 6.61 Å². The van der Waals surface area contributed by atoms with Crippen LogP contribution in [-0.2, 0) is 0 Å². The summed E-state index contributed by atoms with van der Waals surface area (Å²) in [6.07, 6.45) is 6.47. The van der Waals surface area contributed by atoms with Crippen molar-refractivity contribution in [3.8, 4) is 5.75 Å². The Labute approximate surface area is 146 Å². The van der Waals surface area contributed by atoms with Crippen LogP contribution in [0.25, 0.3) is 12.2 Å². The van der Waals surface area contributed by atoms with Crippen LogP contribution in [0.3, 0.4) is 0 Å². The van der Waals surface area contributed by atoms with Gasteiger partial charge in [0.15, 0.2) is 0 Å². The van der Waals surface area contributed by atoms with Gasteiger partial charge in [-0.3, -0.25) is 0 Å². The van der Waals surface area contributed by atoms with Gasteiger partial charge < -0.3 is 9.64 Å². The highest BCUT2D eigenvalue weighted by Gasteiger charge is 2.00. The van der Waals surface area contributed by atoms with E-state index in [1.54, 1.807) is 0 Å². The van der Waals surface area contributed by atoms with Crippen molar-refractivity contribution in [3.63, 3.8) is 0 Å². The van der Waals surface area contributed by atoms with Gasteiger partial charge in [0.25, 0.3) is 0 Å². The van der Waals surface area contributed by atoms with E-state index < -0.39 is 0 Å². The quantitative estimate of drug-likeness (QED) is 0.498. The molecular formula is C20H26ClNO. The van der Waals surface area contributed by atoms with E-state index in [0.717, 1.165) is 37.3 Å². The summed E-state index contributed by atoms with van der Waals surface area (Å²) in [6.45, 7) is 1.88. The number of ether oxygens (including phenoxy) is 1. The molecule has 0 bridgehead atoms. The molecule has 0 saturated heterocycles. The molecule has 0 saturated carbocycles. The predicted molar refractivity (Wildman–Crippen MR) is 102 cm³/mol. The molecule has 0 radical (unpaired) electrons. The molecule has 0 N–H and O–H groups in total. The number of halogens is 1. The Bertz CT molecular complexity index is 581. The number of hydrogen-bond donors (Lipinski definition) is 0. The molecular weight excluding hydrogens is 306 g/mol. The van der Waals surface area contributed by atoms with Crippen molar-refractivity contribution >= 4 is 24.6 Å². The van der Waals surface area contributed by atoms with E-state index >= 15 is 0 Å². The largest absolute Gasteiger partial charge is 0.493 e. The minimum absolute atomic E-state index is 0. The van der Waals surface area contributed by atoms with Crippen LogP contribution >= 0.6 is 12.4 Å². The van der Waals surface area contributed by atoms with E-state index in [1.165, 1.54) is 5.56 Å². The Hall–Kier alpha value is -1.77. The standard InChI is InChI=1S/C20H25NO.ClH/c1-21(2)16-8-9-17-22-20-13-7-6-12-19(20)15-14-18-10-4-3-5-11-18;/h3-7,10-15H,8-9,16-17H2,1-2H3;1H. The number of para-hydroxylation sites is 1. The molecule has 2 aromatic rings. The molecule has 124 valence electrons. The topological polar surface area (TPSA) is 12.5 Å². The maximum absolute atomic E-state index is 5.94. The molecule has 0 heterocycles. The molecule has 0 spiro atoms. The highest BCUT2D eigenvalue weighted by Crippen LogP contribution is 2.21. The first-order chi connectivity index (χ1) is 10.8. The molecule has 2 aromatic carbocycles. The van der Waals surface area contributed by atoms with Gasteiger partial charge in [-0.15, -0.1) is 12.4 Å². The van der Waals surface area contributed by atoms with Gasteiger partial charge in [-0.2, -0.15) is 0 Å². The van der Waals surface area contributed by atoms with Crippen molar-refractivity contribution in [2.24, 2.45) is 0 Å². The molecule has 0 aliphatic rings.